The zero-order valence-electron chi connectivity index (χ0n) is 15.6. The van der Waals surface area contributed by atoms with Gasteiger partial charge in [0.1, 0.15) is 11.5 Å². The molecule has 0 spiro atoms. The molecule has 0 aliphatic heterocycles. The van der Waals surface area contributed by atoms with Crippen LogP contribution < -0.4 is 0 Å². The lowest BCUT2D eigenvalue weighted by molar-refractivity contribution is -0.146. The SMILES string of the molecule is O=C(OC1=C(OC(=O)C2C3CCCCC32)CCCC1)C1C2CCCCC21. The molecule has 142 valence electrons. The van der Waals surface area contributed by atoms with Crippen LogP contribution in [0.5, 0.6) is 0 Å². The number of hydrogen-bond donors (Lipinski definition) is 0. The first-order chi connectivity index (χ1) is 12.7. The maximum atomic E-state index is 12.6. The van der Waals surface area contributed by atoms with Crippen LogP contribution in [0.4, 0.5) is 0 Å². The second-order valence-electron chi connectivity index (χ2n) is 9.17. The highest BCUT2D eigenvalue weighted by atomic mass is 16.6. The molecule has 0 aromatic heterocycles. The summed E-state index contributed by atoms with van der Waals surface area (Å²) >= 11 is 0. The summed E-state index contributed by atoms with van der Waals surface area (Å²) in [5.41, 5.74) is 0. The van der Waals surface area contributed by atoms with Crippen LogP contribution in [0.15, 0.2) is 11.5 Å². The van der Waals surface area contributed by atoms with Gasteiger partial charge in [-0.2, -0.15) is 0 Å². The summed E-state index contributed by atoms with van der Waals surface area (Å²) < 4.78 is 11.6. The van der Waals surface area contributed by atoms with E-state index in [0.717, 1.165) is 25.7 Å². The summed E-state index contributed by atoms with van der Waals surface area (Å²) in [4.78, 5) is 25.3. The third-order valence-corrected chi connectivity index (χ3v) is 7.67. The van der Waals surface area contributed by atoms with E-state index in [1.54, 1.807) is 0 Å². The smallest absolute Gasteiger partial charge is 0.314 e. The van der Waals surface area contributed by atoms with Gasteiger partial charge in [-0.15, -0.1) is 0 Å². The van der Waals surface area contributed by atoms with Crippen molar-refractivity contribution in [3.8, 4) is 0 Å². The van der Waals surface area contributed by atoms with Crippen LogP contribution in [0, 0.1) is 35.5 Å². The molecule has 0 aromatic carbocycles. The zero-order chi connectivity index (χ0) is 17.7. The minimum absolute atomic E-state index is 0.0626. The Morgan fingerprint density at radius 1 is 0.577 bits per heavy atom. The number of rotatable bonds is 4. The molecule has 0 saturated heterocycles. The van der Waals surface area contributed by atoms with E-state index in [4.69, 9.17) is 9.47 Å². The van der Waals surface area contributed by atoms with Gasteiger partial charge in [-0.3, -0.25) is 9.59 Å². The molecular weight excluding hydrogens is 328 g/mol. The summed E-state index contributed by atoms with van der Waals surface area (Å²) in [5, 5.41) is 0. The average Bonchev–Trinajstić information content (AvgIpc) is 3.55. The Morgan fingerprint density at radius 2 is 0.923 bits per heavy atom. The van der Waals surface area contributed by atoms with Crippen molar-refractivity contribution in [3.05, 3.63) is 11.5 Å². The van der Waals surface area contributed by atoms with E-state index in [2.05, 4.69) is 0 Å². The number of carbonyl (C=O) groups is 2. The van der Waals surface area contributed by atoms with Crippen molar-refractivity contribution in [1.29, 1.82) is 0 Å². The predicted molar refractivity (Wildman–Crippen MR) is 95.6 cm³/mol. The lowest BCUT2D eigenvalue weighted by Crippen LogP contribution is -2.17. The van der Waals surface area contributed by atoms with Gasteiger partial charge in [0.15, 0.2) is 0 Å². The molecule has 4 unspecified atom stereocenters. The fourth-order valence-electron chi connectivity index (χ4n) is 6.13. The Morgan fingerprint density at radius 3 is 1.27 bits per heavy atom. The normalized spacial score (nSPS) is 40.9. The summed E-state index contributed by atoms with van der Waals surface area (Å²) in [5.74, 6) is 3.62. The van der Waals surface area contributed by atoms with E-state index in [0.29, 0.717) is 35.2 Å². The molecule has 4 heteroatoms. The number of fused-ring (bicyclic) bond motifs is 2. The molecule has 0 aromatic rings. The molecule has 5 aliphatic rings. The topological polar surface area (TPSA) is 52.6 Å². The van der Waals surface area contributed by atoms with Gasteiger partial charge in [-0.05, 0) is 62.2 Å². The Balaban J connectivity index is 1.23. The number of carbonyl (C=O) groups excluding carboxylic acids is 2. The maximum Gasteiger partial charge on any atom is 0.314 e. The fourth-order valence-corrected chi connectivity index (χ4v) is 6.13. The monoisotopic (exact) mass is 358 g/mol. The molecule has 4 fully saturated rings. The van der Waals surface area contributed by atoms with E-state index < -0.39 is 0 Å². The second kappa shape index (κ2) is 6.69. The van der Waals surface area contributed by atoms with E-state index in [9.17, 15) is 9.59 Å². The molecular formula is C22H30O4. The molecule has 4 atom stereocenters. The van der Waals surface area contributed by atoms with Gasteiger partial charge in [0, 0.05) is 12.8 Å². The van der Waals surface area contributed by atoms with Crippen LogP contribution in [0.3, 0.4) is 0 Å². The third-order valence-electron chi connectivity index (χ3n) is 7.67. The zero-order valence-corrected chi connectivity index (χ0v) is 15.6. The van der Waals surface area contributed by atoms with E-state index in [1.165, 1.54) is 51.4 Å². The number of allylic oxidation sites excluding steroid dienone is 2. The molecule has 0 bridgehead atoms. The molecule has 0 heterocycles. The van der Waals surface area contributed by atoms with Crippen LogP contribution in [0.1, 0.15) is 77.0 Å². The maximum absolute atomic E-state index is 12.6. The van der Waals surface area contributed by atoms with Crippen molar-refractivity contribution in [2.24, 2.45) is 35.5 Å². The van der Waals surface area contributed by atoms with E-state index >= 15 is 0 Å². The molecule has 4 saturated carbocycles. The largest absolute Gasteiger partial charge is 0.427 e. The van der Waals surface area contributed by atoms with Gasteiger partial charge in [-0.1, -0.05) is 25.7 Å². The number of hydrogen-bond acceptors (Lipinski definition) is 4. The summed E-state index contributed by atoms with van der Waals surface area (Å²) in [7, 11) is 0. The van der Waals surface area contributed by atoms with E-state index in [-0.39, 0.29) is 23.8 Å². The van der Waals surface area contributed by atoms with Gasteiger partial charge >= 0.3 is 11.9 Å². The van der Waals surface area contributed by atoms with E-state index in [1.807, 2.05) is 0 Å². The first kappa shape index (κ1) is 16.8. The highest BCUT2D eigenvalue weighted by Gasteiger charge is 2.57. The molecule has 5 rings (SSSR count). The van der Waals surface area contributed by atoms with Crippen LogP contribution in [0.2, 0.25) is 0 Å². The van der Waals surface area contributed by atoms with Crippen molar-refractivity contribution >= 4 is 11.9 Å². The van der Waals surface area contributed by atoms with Gasteiger partial charge in [0.25, 0.3) is 0 Å². The van der Waals surface area contributed by atoms with Crippen molar-refractivity contribution < 1.29 is 19.1 Å². The highest BCUT2D eigenvalue weighted by molar-refractivity contribution is 5.79. The predicted octanol–water partition coefficient (Wildman–Crippen LogP) is 4.73. The van der Waals surface area contributed by atoms with Gasteiger partial charge in [0.05, 0.1) is 11.8 Å². The molecule has 0 radical (unpaired) electrons. The second-order valence-corrected chi connectivity index (χ2v) is 9.17. The van der Waals surface area contributed by atoms with Gasteiger partial charge in [-0.25, -0.2) is 0 Å². The van der Waals surface area contributed by atoms with Gasteiger partial charge in [0.2, 0.25) is 0 Å². The van der Waals surface area contributed by atoms with Crippen molar-refractivity contribution in [1.82, 2.24) is 0 Å². The Bertz CT molecular complexity index is 558. The first-order valence-electron chi connectivity index (χ1n) is 10.9. The first-order valence-corrected chi connectivity index (χ1v) is 10.9. The Labute approximate surface area is 155 Å². The number of esters is 2. The standard InChI is InChI=1S/C22H30O4/c23-21(19-13-7-1-2-8-14(13)19)25-17-11-5-6-12-18(17)26-22(24)20-15-9-3-4-10-16(15)20/h13-16,19-20H,1-12H2. The molecule has 4 nitrogen and oxygen atoms in total. The van der Waals surface area contributed by atoms with Crippen molar-refractivity contribution in [3.63, 3.8) is 0 Å². The van der Waals surface area contributed by atoms with Crippen LogP contribution in [0.25, 0.3) is 0 Å². The average molecular weight is 358 g/mol. The van der Waals surface area contributed by atoms with Crippen molar-refractivity contribution in [2.75, 3.05) is 0 Å². The van der Waals surface area contributed by atoms with Crippen molar-refractivity contribution in [2.45, 2.75) is 77.0 Å². The highest BCUT2D eigenvalue weighted by Crippen LogP contribution is 2.57. The lowest BCUT2D eigenvalue weighted by Gasteiger charge is -2.19. The summed E-state index contributed by atoms with van der Waals surface area (Å²) in [6, 6.07) is 0. The minimum atomic E-state index is -0.0626. The molecule has 0 N–H and O–H groups in total. The quantitative estimate of drug-likeness (QED) is 0.682. The molecule has 5 aliphatic carbocycles. The lowest BCUT2D eigenvalue weighted by atomic mass is 10.0. The number of ether oxygens (including phenoxy) is 2. The summed E-state index contributed by atoms with van der Waals surface area (Å²) in [6.07, 6.45) is 13.2. The van der Waals surface area contributed by atoms with Crippen LogP contribution in [-0.2, 0) is 19.1 Å². The fraction of sp³-hybridized carbons (Fsp3) is 0.818. The Kier molecular flexibility index (Phi) is 4.33. The molecule has 26 heavy (non-hydrogen) atoms. The summed E-state index contributed by atoms with van der Waals surface area (Å²) in [6.45, 7) is 0. The third kappa shape index (κ3) is 2.99. The molecule has 0 amide bonds. The van der Waals surface area contributed by atoms with Gasteiger partial charge < -0.3 is 9.47 Å². The Hall–Kier alpha value is -1.32. The minimum Gasteiger partial charge on any atom is -0.427 e. The van der Waals surface area contributed by atoms with Crippen LogP contribution in [-0.4, -0.2) is 11.9 Å². The van der Waals surface area contributed by atoms with Crippen LogP contribution >= 0.6 is 0 Å².